The van der Waals surface area contributed by atoms with E-state index < -0.39 is 27.4 Å². The predicted octanol–water partition coefficient (Wildman–Crippen LogP) is 2.96. The van der Waals surface area contributed by atoms with Gasteiger partial charge in [0.2, 0.25) is 0 Å². The number of ether oxygens (including phenoxy) is 2. The largest absolute Gasteiger partial charge is 0.497 e. The fourth-order valence-electron chi connectivity index (χ4n) is 3.07. The summed E-state index contributed by atoms with van der Waals surface area (Å²) in [6.45, 7) is -0.610. The van der Waals surface area contributed by atoms with E-state index in [0.29, 0.717) is 11.3 Å². The molecule has 0 aromatic heterocycles. The molecule has 0 aliphatic heterocycles. The van der Waals surface area contributed by atoms with Gasteiger partial charge in [-0.1, -0.05) is 24.3 Å². The molecule has 0 saturated carbocycles. The molecule has 0 heterocycles. The van der Waals surface area contributed by atoms with Crippen LogP contribution in [0.4, 0.5) is 11.4 Å². The fraction of sp³-hybridized carbons (Fsp3) is 0.130. The minimum atomic E-state index is -4.19. The standard InChI is InChI=1S/C23H22N4O7S/c1-33-19-10-12-20(13-11-19)35(31,32)26(21-8-3-4-9-22(21)34-2)16-23(28)25-24-15-17-6-5-7-18(14-17)27(29)30/h3-15H,16H2,1-2H3,(H,25,28)/b24-15-. The molecule has 0 fully saturated rings. The van der Waals surface area contributed by atoms with Crippen molar-refractivity contribution in [3.8, 4) is 11.5 Å². The first-order chi connectivity index (χ1) is 16.8. The van der Waals surface area contributed by atoms with Crippen LogP contribution in [0.2, 0.25) is 0 Å². The molecule has 0 bridgehead atoms. The number of hydrazone groups is 1. The molecule has 0 atom stereocenters. The van der Waals surface area contributed by atoms with Gasteiger partial charge in [-0.25, -0.2) is 13.8 Å². The van der Waals surface area contributed by atoms with Crippen LogP contribution < -0.4 is 19.2 Å². The highest BCUT2D eigenvalue weighted by Crippen LogP contribution is 2.32. The van der Waals surface area contributed by atoms with Crippen LogP contribution in [-0.4, -0.2) is 46.2 Å². The van der Waals surface area contributed by atoms with E-state index in [4.69, 9.17) is 9.47 Å². The number of amides is 1. The summed E-state index contributed by atoms with van der Waals surface area (Å²) in [5, 5.41) is 14.7. The highest BCUT2D eigenvalue weighted by Gasteiger charge is 2.29. The van der Waals surface area contributed by atoms with Gasteiger partial charge in [-0.05, 0) is 36.4 Å². The van der Waals surface area contributed by atoms with Gasteiger partial charge >= 0.3 is 0 Å². The molecule has 3 rings (SSSR count). The molecule has 0 unspecified atom stereocenters. The van der Waals surface area contributed by atoms with E-state index in [9.17, 15) is 23.3 Å². The van der Waals surface area contributed by atoms with Crippen LogP contribution >= 0.6 is 0 Å². The van der Waals surface area contributed by atoms with Crippen molar-refractivity contribution in [1.29, 1.82) is 0 Å². The summed E-state index contributed by atoms with van der Waals surface area (Å²) in [5.74, 6) is -0.0202. The molecular weight excluding hydrogens is 476 g/mol. The Bertz CT molecular complexity index is 1340. The van der Waals surface area contributed by atoms with Gasteiger partial charge in [-0.15, -0.1) is 0 Å². The second-order valence-corrected chi connectivity index (χ2v) is 8.87. The Morgan fingerprint density at radius 3 is 2.43 bits per heavy atom. The zero-order valence-electron chi connectivity index (χ0n) is 18.8. The Morgan fingerprint density at radius 2 is 1.77 bits per heavy atom. The summed E-state index contributed by atoms with van der Waals surface area (Å²) in [6, 6.07) is 17.8. The lowest BCUT2D eigenvalue weighted by Gasteiger charge is -2.25. The molecular formula is C23H22N4O7S. The molecule has 0 spiro atoms. The van der Waals surface area contributed by atoms with Gasteiger partial charge in [-0.2, -0.15) is 5.10 Å². The lowest BCUT2D eigenvalue weighted by Crippen LogP contribution is -2.39. The maximum Gasteiger partial charge on any atom is 0.270 e. The Hall–Kier alpha value is -4.45. The number of hydrogen-bond donors (Lipinski definition) is 1. The zero-order valence-corrected chi connectivity index (χ0v) is 19.6. The first kappa shape index (κ1) is 25.2. The third-order valence-electron chi connectivity index (χ3n) is 4.77. The normalized spacial score (nSPS) is 11.1. The van der Waals surface area contributed by atoms with E-state index in [-0.39, 0.29) is 22.0 Å². The third-order valence-corrected chi connectivity index (χ3v) is 6.55. The van der Waals surface area contributed by atoms with Crippen molar-refractivity contribution in [1.82, 2.24) is 5.43 Å². The summed E-state index contributed by atoms with van der Waals surface area (Å²) in [5.41, 5.74) is 2.66. The van der Waals surface area contributed by atoms with E-state index in [1.165, 1.54) is 69.0 Å². The number of nitrogens with one attached hydrogen (secondary N) is 1. The molecule has 1 amide bonds. The van der Waals surface area contributed by atoms with Crippen LogP contribution in [0.5, 0.6) is 11.5 Å². The van der Waals surface area contributed by atoms with Gasteiger partial charge < -0.3 is 9.47 Å². The molecule has 1 N–H and O–H groups in total. The van der Waals surface area contributed by atoms with E-state index >= 15 is 0 Å². The number of non-ortho nitro benzene ring substituents is 1. The summed E-state index contributed by atoms with van der Waals surface area (Å²) in [6.07, 6.45) is 1.22. The Kier molecular flexibility index (Phi) is 8.00. The van der Waals surface area contributed by atoms with Gasteiger partial charge in [-0.3, -0.25) is 19.2 Å². The van der Waals surface area contributed by atoms with Gasteiger partial charge in [0.05, 0.1) is 35.9 Å². The molecule has 0 radical (unpaired) electrons. The van der Waals surface area contributed by atoms with Crippen LogP contribution in [0.1, 0.15) is 5.56 Å². The quantitative estimate of drug-likeness (QED) is 0.257. The average Bonchev–Trinajstić information content (AvgIpc) is 2.87. The van der Waals surface area contributed by atoms with Crippen LogP contribution in [0.3, 0.4) is 0 Å². The maximum atomic E-state index is 13.5. The number of benzene rings is 3. The molecule has 182 valence electrons. The number of methoxy groups -OCH3 is 2. The second kappa shape index (κ2) is 11.1. The minimum absolute atomic E-state index is 0.0582. The van der Waals surface area contributed by atoms with Gasteiger partial charge in [0.15, 0.2) is 0 Å². The van der Waals surface area contributed by atoms with Crippen LogP contribution in [0.25, 0.3) is 0 Å². The average molecular weight is 499 g/mol. The number of rotatable bonds is 10. The van der Waals surface area contributed by atoms with Gasteiger partial charge in [0.25, 0.3) is 21.6 Å². The number of carbonyl (C=O) groups is 1. The van der Waals surface area contributed by atoms with Crippen molar-refractivity contribution in [3.05, 3.63) is 88.5 Å². The first-order valence-electron chi connectivity index (χ1n) is 10.1. The topological polar surface area (TPSA) is 140 Å². The van der Waals surface area contributed by atoms with E-state index in [1.54, 1.807) is 24.3 Å². The molecule has 12 heteroatoms. The van der Waals surface area contributed by atoms with Crippen molar-refractivity contribution in [2.45, 2.75) is 4.90 Å². The molecule has 3 aromatic carbocycles. The molecule has 0 saturated heterocycles. The fourth-order valence-corrected chi connectivity index (χ4v) is 4.51. The SMILES string of the molecule is COc1ccc(S(=O)(=O)N(CC(=O)N/N=C\c2cccc([N+](=O)[O-])c2)c2ccccc2OC)cc1. The Balaban J connectivity index is 1.87. The summed E-state index contributed by atoms with van der Waals surface area (Å²) in [4.78, 5) is 23.0. The number of anilines is 1. The number of hydrogen-bond acceptors (Lipinski definition) is 8. The summed E-state index contributed by atoms with van der Waals surface area (Å²) < 4.78 is 38.3. The zero-order chi connectivity index (χ0) is 25.4. The van der Waals surface area contributed by atoms with Crippen molar-refractivity contribution in [2.24, 2.45) is 5.10 Å². The smallest absolute Gasteiger partial charge is 0.270 e. The highest BCUT2D eigenvalue weighted by molar-refractivity contribution is 7.92. The second-order valence-electron chi connectivity index (χ2n) is 7.00. The molecule has 0 aliphatic rings. The number of nitro benzene ring substituents is 1. The number of carbonyl (C=O) groups excluding carboxylic acids is 1. The van der Waals surface area contributed by atoms with Crippen molar-refractivity contribution in [2.75, 3.05) is 25.1 Å². The van der Waals surface area contributed by atoms with Crippen molar-refractivity contribution in [3.63, 3.8) is 0 Å². The van der Waals surface area contributed by atoms with E-state index in [2.05, 4.69) is 10.5 Å². The Morgan fingerprint density at radius 1 is 1.06 bits per heavy atom. The third kappa shape index (κ3) is 6.12. The van der Waals surface area contributed by atoms with Crippen molar-refractivity contribution >= 4 is 33.5 Å². The maximum absolute atomic E-state index is 13.5. The predicted molar refractivity (Wildman–Crippen MR) is 129 cm³/mol. The van der Waals surface area contributed by atoms with E-state index in [1.807, 2.05) is 0 Å². The van der Waals surface area contributed by atoms with Gasteiger partial charge in [0.1, 0.15) is 18.0 Å². The summed E-state index contributed by atoms with van der Waals surface area (Å²) in [7, 11) is -1.34. The lowest BCUT2D eigenvalue weighted by atomic mass is 10.2. The highest BCUT2D eigenvalue weighted by atomic mass is 32.2. The number of nitro groups is 1. The Labute approximate surface area is 201 Å². The number of nitrogens with zero attached hydrogens (tertiary/aromatic N) is 3. The van der Waals surface area contributed by atoms with Crippen molar-refractivity contribution < 1.29 is 27.6 Å². The first-order valence-corrected chi connectivity index (χ1v) is 11.6. The van der Waals surface area contributed by atoms with E-state index in [0.717, 1.165) is 4.31 Å². The van der Waals surface area contributed by atoms with Crippen LogP contribution in [0, 0.1) is 10.1 Å². The minimum Gasteiger partial charge on any atom is -0.497 e. The number of para-hydroxylation sites is 2. The molecule has 0 aliphatic carbocycles. The lowest BCUT2D eigenvalue weighted by molar-refractivity contribution is -0.384. The molecule has 35 heavy (non-hydrogen) atoms. The molecule has 11 nitrogen and oxygen atoms in total. The van der Waals surface area contributed by atoms with Crippen LogP contribution in [0.15, 0.2) is 82.8 Å². The monoisotopic (exact) mass is 498 g/mol. The molecule has 3 aromatic rings. The van der Waals surface area contributed by atoms with Crippen LogP contribution in [-0.2, 0) is 14.8 Å². The number of sulfonamides is 1. The van der Waals surface area contributed by atoms with Gasteiger partial charge in [0, 0.05) is 17.7 Å². The summed E-state index contributed by atoms with van der Waals surface area (Å²) >= 11 is 0.